The molecule has 31 heteroatoms. The number of aliphatic carboxylic acids is 1. The van der Waals surface area contributed by atoms with Crippen molar-refractivity contribution in [2.45, 2.75) is 102 Å². The summed E-state index contributed by atoms with van der Waals surface area (Å²) in [6, 6.07) is 0. The topological polar surface area (TPSA) is 421 Å². The van der Waals surface area contributed by atoms with Crippen LogP contribution in [0.2, 0.25) is 0 Å². The molecule has 0 radical (unpaired) electrons. The van der Waals surface area contributed by atoms with Gasteiger partial charge in [-0.3, -0.25) is 37.3 Å². The lowest BCUT2D eigenvalue weighted by Gasteiger charge is -2.30. The molecule has 0 bridgehead atoms. The third-order valence-electron chi connectivity index (χ3n) is 9.06. The van der Waals surface area contributed by atoms with Crippen molar-refractivity contribution in [1.82, 2.24) is 30.2 Å². The van der Waals surface area contributed by atoms with Crippen LogP contribution in [0.1, 0.15) is 77.9 Å². The second kappa shape index (κ2) is 24.9. The molecule has 64 heavy (non-hydrogen) atoms. The molecule has 2 aromatic rings. The number of aliphatic hydroxyl groups excluding tert-OH is 3. The van der Waals surface area contributed by atoms with E-state index in [1.807, 2.05) is 0 Å². The van der Waals surface area contributed by atoms with Gasteiger partial charge in [-0.25, -0.2) is 28.6 Å². The minimum Gasteiger partial charge on any atom is -0.512 e. The molecular formula is C33H54N7O20P3S. The van der Waals surface area contributed by atoms with Gasteiger partial charge < -0.3 is 61.1 Å². The molecule has 7 atom stereocenters. The zero-order valence-electron chi connectivity index (χ0n) is 34.6. The number of carboxylic acids is 1. The summed E-state index contributed by atoms with van der Waals surface area (Å²) in [7, 11) is -16.5. The Bertz CT molecular complexity index is 2090. The van der Waals surface area contributed by atoms with Gasteiger partial charge in [-0.05, 0) is 25.3 Å². The first-order chi connectivity index (χ1) is 29.8. The molecule has 1 saturated heterocycles. The number of fused-ring (bicyclic) bond motifs is 1. The zero-order chi connectivity index (χ0) is 47.9. The average molecular weight is 994 g/mol. The second-order valence-electron chi connectivity index (χ2n) is 14.9. The number of allylic oxidation sites excluding steroid dienone is 1. The molecule has 0 saturated carbocycles. The van der Waals surface area contributed by atoms with Gasteiger partial charge in [0.1, 0.15) is 42.7 Å². The fourth-order valence-corrected chi connectivity index (χ4v) is 9.36. The fourth-order valence-electron chi connectivity index (χ4n) is 5.81. The number of aromatic nitrogens is 4. The van der Waals surface area contributed by atoms with Crippen LogP contribution in [0.4, 0.5) is 5.82 Å². The molecule has 0 aromatic carbocycles. The lowest BCUT2D eigenvalue weighted by Crippen LogP contribution is -2.46. The Morgan fingerprint density at radius 2 is 1.64 bits per heavy atom. The highest BCUT2D eigenvalue weighted by Gasteiger charge is 2.50. The molecule has 1 fully saturated rings. The lowest BCUT2D eigenvalue weighted by atomic mass is 9.87. The minimum absolute atomic E-state index is 0.0216. The minimum atomic E-state index is -5.59. The van der Waals surface area contributed by atoms with Gasteiger partial charge in [0, 0.05) is 37.1 Å². The van der Waals surface area contributed by atoms with Crippen LogP contribution in [-0.4, -0.2) is 139 Å². The number of nitrogens with zero attached hydrogens (tertiary/aromatic N) is 4. The molecule has 2 amide bonds. The van der Waals surface area contributed by atoms with E-state index in [2.05, 4.69) is 34.4 Å². The van der Waals surface area contributed by atoms with Crippen molar-refractivity contribution in [2.24, 2.45) is 5.41 Å². The maximum Gasteiger partial charge on any atom is 0.481 e. The first-order valence-corrected chi connectivity index (χ1v) is 25.0. The summed E-state index contributed by atoms with van der Waals surface area (Å²) in [5, 5.41) is 44.4. The van der Waals surface area contributed by atoms with Crippen LogP contribution in [0.25, 0.3) is 11.2 Å². The number of carbonyl (C=O) groups is 4. The highest BCUT2D eigenvalue weighted by Crippen LogP contribution is 2.61. The lowest BCUT2D eigenvalue weighted by molar-refractivity contribution is -0.137. The number of hydrogen-bond donors (Lipinski definition) is 11. The molecule has 1 aliphatic heterocycles. The number of anilines is 1. The van der Waals surface area contributed by atoms with Crippen molar-refractivity contribution in [3.8, 4) is 0 Å². The molecule has 0 aliphatic carbocycles. The van der Waals surface area contributed by atoms with Crippen LogP contribution in [-0.2, 0) is 55.5 Å². The Balaban J connectivity index is 1.36. The van der Waals surface area contributed by atoms with Gasteiger partial charge in [-0.2, -0.15) is 4.31 Å². The van der Waals surface area contributed by atoms with E-state index >= 15 is 0 Å². The van der Waals surface area contributed by atoms with Crippen LogP contribution in [0.3, 0.4) is 0 Å². The molecule has 7 unspecified atom stereocenters. The van der Waals surface area contributed by atoms with Gasteiger partial charge in [0.05, 0.1) is 25.3 Å². The molecule has 2 aromatic heterocycles. The van der Waals surface area contributed by atoms with Crippen molar-refractivity contribution >= 4 is 75.1 Å². The molecule has 12 N–H and O–H groups in total. The highest BCUT2D eigenvalue weighted by atomic mass is 32.2. The molecule has 3 rings (SSSR count). The van der Waals surface area contributed by atoms with Crippen molar-refractivity contribution in [1.29, 1.82) is 0 Å². The zero-order valence-corrected chi connectivity index (χ0v) is 38.1. The Morgan fingerprint density at radius 3 is 2.33 bits per heavy atom. The number of amides is 2. The first-order valence-electron chi connectivity index (χ1n) is 19.4. The van der Waals surface area contributed by atoms with Crippen LogP contribution in [0.15, 0.2) is 24.5 Å². The first kappa shape index (κ1) is 54.9. The highest BCUT2D eigenvalue weighted by molar-refractivity contribution is 8.13. The molecular weight excluding hydrogens is 939 g/mol. The second-order valence-corrected chi connectivity index (χ2v) is 20.3. The summed E-state index contributed by atoms with van der Waals surface area (Å²) in [5.41, 5.74) is 4.23. The van der Waals surface area contributed by atoms with Gasteiger partial charge in [0.15, 0.2) is 22.8 Å². The van der Waals surface area contributed by atoms with Gasteiger partial charge in [0.2, 0.25) is 11.8 Å². The maximum atomic E-state index is 12.7. The number of nitrogens with one attached hydrogen (secondary N) is 2. The SMILES string of the molecule is CC(C)(COP(=O)(O)OP(=O)(O)OCC1OC(n2cnc3c(N)ncnc32)C(O)C1OP(=O)(O)O)C(O)C(=O)NCCC(=O)NCCSC(=O)CCCCCCC/C=C(\O)CC(=O)O. The van der Waals surface area contributed by atoms with E-state index in [-0.39, 0.29) is 47.4 Å². The van der Waals surface area contributed by atoms with Crippen LogP contribution in [0.5, 0.6) is 0 Å². The number of hydrogen-bond acceptors (Lipinski definition) is 20. The number of carbonyl (C=O) groups excluding carboxylic acids is 3. The van der Waals surface area contributed by atoms with Gasteiger partial charge in [-0.15, -0.1) is 0 Å². The summed E-state index contributed by atoms with van der Waals surface area (Å²) in [6.45, 7) is 0.382. The number of rotatable bonds is 29. The average Bonchev–Trinajstić information content (AvgIpc) is 3.75. The number of nitrogens with two attached hydrogens (primary N) is 1. The van der Waals surface area contributed by atoms with E-state index in [0.29, 0.717) is 25.0 Å². The van der Waals surface area contributed by atoms with Crippen molar-refractivity contribution in [3.63, 3.8) is 0 Å². The van der Waals surface area contributed by atoms with E-state index in [1.165, 1.54) is 19.9 Å². The number of ether oxygens (including phenoxy) is 1. The monoisotopic (exact) mass is 993 g/mol. The standard InChI is InChI=1S/C33H54N7O20P3S/c1-33(2,28(47)31(48)36-12-11-22(42)35-13-14-64-24(45)10-8-6-4-3-5-7-9-20(41)15-23(43)44)17-57-63(54,55)60-62(52,53)56-16-21-27(59-61(49,50)51)26(46)32(58-21)40-19-39-25-29(34)37-18-38-30(25)40/h9,18-19,21,26-28,32,41,46-47H,3-8,10-17H2,1-2H3,(H,35,42)(H,36,48)(H,43,44)(H,52,53)(H,54,55)(H2,34,37,38)(H2,49,50,51)/b20-9-. The third kappa shape index (κ3) is 18.8. The number of unbranched alkanes of at least 4 members (excludes halogenated alkanes) is 5. The Hall–Kier alpha value is -3.43. The molecule has 1 aliphatic rings. The number of carboxylic acid groups (broad SMARTS) is 1. The summed E-state index contributed by atoms with van der Waals surface area (Å²) in [6.07, 6.45) is -0.948. The van der Waals surface area contributed by atoms with E-state index < -0.39 is 96.9 Å². The molecule has 27 nitrogen and oxygen atoms in total. The smallest absolute Gasteiger partial charge is 0.481 e. The summed E-state index contributed by atoms with van der Waals surface area (Å²) >= 11 is 1.07. The summed E-state index contributed by atoms with van der Waals surface area (Å²) in [4.78, 5) is 98.5. The molecule has 0 spiro atoms. The van der Waals surface area contributed by atoms with Crippen molar-refractivity contribution in [2.75, 3.05) is 37.8 Å². The van der Waals surface area contributed by atoms with E-state index in [4.69, 9.17) is 24.6 Å². The van der Waals surface area contributed by atoms with E-state index in [0.717, 1.165) is 54.7 Å². The predicted molar refractivity (Wildman–Crippen MR) is 222 cm³/mol. The van der Waals surface area contributed by atoms with Crippen molar-refractivity contribution in [3.05, 3.63) is 24.5 Å². The van der Waals surface area contributed by atoms with Gasteiger partial charge >= 0.3 is 29.4 Å². The van der Waals surface area contributed by atoms with E-state index in [9.17, 15) is 67.8 Å². The van der Waals surface area contributed by atoms with E-state index in [1.54, 1.807) is 0 Å². The number of phosphoric ester groups is 3. The van der Waals surface area contributed by atoms with Crippen LogP contribution in [0, 0.1) is 5.41 Å². The Labute approximate surface area is 369 Å². The number of thioether (sulfide) groups is 1. The number of aliphatic hydroxyl groups is 3. The Morgan fingerprint density at radius 1 is 0.969 bits per heavy atom. The Kier molecular flexibility index (Phi) is 21.4. The number of imidazole rings is 1. The summed E-state index contributed by atoms with van der Waals surface area (Å²) in [5.74, 6) is -2.45. The van der Waals surface area contributed by atoms with Crippen LogP contribution < -0.4 is 16.4 Å². The predicted octanol–water partition coefficient (Wildman–Crippen LogP) is 1.31. The fraction of sp³-hybridized carbons (Fsp3) is 0.667. The molecule has 362 valence electrons. The molecule has 3 heterocycles. The summed E-state index contributed by atoms with van der Waals surface area (Å²) < 4.78 is 62.2. The van der Waals surface area contributed by atoms with Gasteiger partial charge in [-0.1, -0.05) is 44.9 Å². The normalized spacial score (nSPS) is 20.7. The van der Waals surface area contributed by atoms with Crippen LogP contribution >= 0.6 is 35.2 Å². The van der Waals surface area contributed by atoms with Crippen molar-refractivity contribution < 1.29 is 95.5 Å². The number of phosphoric acid groups is 3. The quantitative estimate of drug-likeness (QED) is 0.0311. The maximum absolute atomic E-state index is 12.7. The largest absolute Gasteiger partial charge is 0.512 e. The third-order valence-corrected chi connectivity index (χ3v) is 13.1. The number of nitrogen functional groups attached to an aromatic ring is 1. The van der Waals surface area contributed by atoms with Gasteiger partial charge in [0.25, 0.3) is 0 Å².